The van der Waals surface area contributed by atoms with Gasteiger partial charge in [-0.05, 0) is 69.6 Å². The van der Waals surface area contributed by atoms with Crippen LogP contribution in [0.2, 0.25) is 5.02 Å². The molecule has 1 saturated carbocycles. The quantitative estimate of drug-likeness (QED) is 0.422. The fraction of sp³-hybridized carbons (Fsp3) is 0.308. The summed E-state index contributed by atoms with van der Waals surface area (Å²) in [6.07, 6.45) is 12.1. The van der Waals surface area contributed by atoms with Crippen LogP contribution in [0, 0.1) is 0 Å². The highest BCUT2D eigenvalue weighted by atomic mass is 35.5. The number of nitrogens with one attached hydrogen (secondary N) is 2. The van der Waals surface area contributed by atoms with Gasteiger partial charge in [0.2, 0.25) is 5.95 Å². The Bertz CT molecular complexity index is 1250. The van der Waals surface area contributed by atoms with Gasteiger partial charge in [0.05, 0.1) is 5.02 Å². The number of benzene rings is 2. The first-order valence-corrected chi connectivity index (χ1v) is 13.5. The Kier molecular flexibility index (Phi) is 8.05. The van der Waals surface area contributed by atoms with E-state index in [0.29, 0.717) is 23.7 Å². The summed E-state index contributed by atoms with van der Waals surface area (Å²) < 4.78 is 27.7. The van der Waals surface area contributed by atoms with E-state index >= 15 is 0 Å². The standard InChI is InChI=1S/C26H30ClN5O2S/c1-32(2)23-15-13-21(14-16-23)30-26-28-17-20(18-29-26)8-7-19-9-11-22(12-10-19)31-35(33,34)25-6-4-3-5-24(25)27/h3-12,17-18,21,23,31H,13-16H2,1-2H3,(H,28,29,30)/b8-7+. The zero-order valence-corrected chi connectivity index (χ0v) is 21.4. The molecule has 0 atom stereocenters. The number of anilines is 2. The first kappa shape index (κ1) is 25.2. The van der Waals surface area contributed by atoms with E-state index in [0.717, 1.165) is 24.0 Å². The predicted octanol–water partition coefficient (Wildman–Crippen LogP) is 5.39. The monoisotopic (exact) mass is 511 g/mol. The fourth-order valence-electron chi connectivity index (χ4n) is 4.15. The number of hydrogen-bond donors (Lipinski definition) is 2. The second-order valence-corrected chi connectivity index (χ2v) is 11.0. The summed E-state index contributed by atoms with van der Waals surface area (Å²) in [5.74, 6) is 0.658. The average molecular weight is 512 g/mol. The molecule has 1 fully saturated rings. The summed E-state index contributed by atoms with van der Waals surface area (Å²) >= 11 is 6.03. The second kappa shape index (κ2) is 11.2. The Balaban J connectivity index is 1.32. The summed E-state index contributed by atoms with van der Waals surface area (Å²) in [6, 6.07) is 14.5. The number of hydrogen-bond acceptors (Lipinski definition) is 6. The van der Waals surface area contributed by atoms with Crippen LogP contribution in [0.25, 0.3) is 12.2 Å². The van der Waals surface area contributed by atoms with E-state index in [1.165, 1.54) is 18.9 Å². The molecule has 1 aliphatic rings. The largest absolute Gasteiger partial charge is 0.351 e. The molecule has 35 heavy (non-hydrogen) atoms. The molecule has 0 unspecified atom stereocenters. The first-order valence-electron chi connectivity index (χ1n) is 11.6. The van der Waals surface area contributed by atoms with E-state index in [-0.39, 0.29) is 9.92 Å². The highest BCUT2D eigenvalue weighted by Gasteiger charge is 2.22. The highest BCUT2D eigenvalue weighted by Crippen LogP contribution is 2.25. The first-order chi connectivity index (χ1) is 16.8. The van der Waals surface area contributed by atoms with Crippen LogP contribution >= 0.6 is 11.6 Å². The third-order valence-corrected chi connectivity index (χ3v) is 8.07. The fourth-order valence-corrected chi connectivity index (χ4v) is 5.72. The van der Waals surface area contributed by atoms with Gasteiger partial charge in [-0.3, -0.25) is 4.72 Å². The molecule has 9 heteroatoms. The van der Waals surface area contributed by atoms with E-state index in [1.54, 1.807) is 42.7 Å². The molecule has 0 spiro atoms. The second-order valence-electron chi connectivity index (χ2n) is 8.94. The van der Waals surface area contributed by atoms with Gasteiger partial charge >= 0.3 is 0 Å². The average Bonchev–Trinajstić information content (AvgIpc) is 2.85. The summed E-state index contributed by atoms with van der Waals surface area (Å²) in [5, 5.41) is 3.63. The molecule has 1 heterocycles. The van der Waals surface area contributed by atoms with Crippen LogP contribution in [-0.4, -0.2) is 49.5 Å². The summed E-state index contributed by atoms with van der Waals surface area (Å²) in [5.41, 5.74) is 2.27. The van der Waals surface area contributed by atoms with Crippen molar-refractivity contribution in [3.8, 4) is 0 Å². The molecule has 184 valence electrons. The molecule has 0 aliphatic heterocycles. The molecule has 0 saturated heterocycles. The third kappa shape index (κ3) is 6.81. The molecular formula is C26H30ClN5O2S. The Morgan fingerprint density at radius 1 is 0.914 bits per heavy atom. The molecule has 0 bridgehead atoms. The lowest BCUT2D eigenvalue weighted by atomic mass is 9.91. The minimum atomic E-state index is -3.76. The summed E-state index contributed by atoms with van der Waals surface area (Å²) in [7, 11) is 0.531. The molecule has 2 N–H and O–H groups in total. The van der Waals surface area contributed by atoms with E-state index in [9.17, 15) is 8.42 Å². The van der Waals surface area contributed by atoms with Crippen molar-refractivity contribution >= 4 is 45.4 Å². The van der Waals surface area contributed by atoms with Crippen LogP contribution in [0.4, 0.5) is 11.6 Å². The SMILES string of the molecule is CN(C)C1CCC(Nc2ncc(/C=C/c3ccc(NS(=O)(=O)c4ccccc4Cl)cc3)cn2)CC1. The molecule has 1 aliphatic carbocycles. The minimum absolute atomic E-state index is 0.0461. The van der Waals surface area contributed by atoms with Crippen LogP contribution in [0.1, 0.15) is 36.8 Å². The topological polar surface area (TPSA) is 87.2 Å². The van der Waals surface area contributed by atoms with Crippen molar-refractivity contribution in [3.63, 3.8) is 0 Å². The molecule has 0 radical (unpaired) electrons. The molecular weight excluding hydrogens is 482 g/mol. The maximum Gasteiger partial charge on any atom is 0.263 e. The van der Waals surface area contributed by atoms with Gasteiger partial charge in [-0.25, -0.2) is 18.4 Å². The van der Waals surface area contributed by atoms with Crippen LogP contribution in [-0.2, 0) is 10.0 Å². The summed E-state index contributed by atoms with van der Waals surface area (Å²) in [4.78, 5) is 11.3. The number of nitrogens with zero attached hydrogens (tertiary/aromatic N) is 3. The van der Waals surface area contributed by atoms with Crippen molar-refractivity contribution in [2.24, 2.45) is 0 Å². The number of sulfonamides is 1. The number of aromatic nitrogens is 2. The van der Waals surface area contributed by atoms with Crippen molar-refractivity contribution in [3.05, 3.63) is 77.1 Å². The molecule has 7 nitrogen and oxygen atoms in total. The van der Waals surface area contributed by atoms with E-state index in [1.807, 2.05) is 24.3 Å². The van der Waals surface area contributed by atoms with E-state index in [4.69, 9.17) is 11.6 Å². The normalized spacial score (nSPS) is 18.6. The highest BCUT2D eigenvalue weighted by molar-refractivity contribution is 7.92. The predicted molar refractivity (Wildman–Crippen MR) is 143 cm³/mol. The van der Waals surface area contributed by atoms with Crippen LogP contribution in [0.3, 0.4) is 0 Å². The summed E-state index contributed by atoms with van der Waals surface area (Å²) in [6.45, 7) is 0. The van der Waals surface area contributed by atoms with Gasteiger partial charge in [-0.2, -0.15) is 0 Å². The van der Waals surface area contributed by atoms with Gasteiger partial charge in [0, 0.05) is 35.7 Å². The third-order valence-electron chi connectivity index (χ3n) is 6.19. The molecule has 2 aromatic carbocycles. The lowest BCUT2D eigenvalue weighted by Gasteiger charge is -2.32. The Morgan fingerprint density at radius 2 is 1.54 bits per heavy atom. The minimum Gasteiger partial charge on any atom is -0.351 e. The Hall–Kier alpha value is -2.94. The van der Waals surface area contributed by atoms with Gasteiger partial charge in [0.15, 0.2) is 0 Å². The zero-order valence-electron chi connectivity index (χ0n) is 19.9. The van der Waals surface area contributed by atoms with Crippen molar-refractivity contribution in [1.29, 1.82) is 0 Å². The lowest BCUT2D eigenvalue weighted by Crippen LogP contribution is -2.36. The van der Waals surface area contributed by atoms with Crippen molar-refractivity contribution < 1.29 is 8.42 Å². The van der Waals surface area contributed by atoms with Gasteiger partial charge in [0.25, 0.3) is 10.0 Å². The molecule has 0 amide bonds. The van der Waals surface area contributed by atoms with E-state index in [2.05, 4.69) is 39.0 Å². The number of halogens is 1. The molecule has 3 aromatic rings. The van der Waals surface area contributed by atoms with Crippen molar-refractivity contribution in [2.45, 2.75) is 42.7 Å². The Labute approximate surface area is 212 Å². The molecule has 4 rings (SSSR count). The maximum absolute atomic E-state index is 12.6. The van der Waals surface area contributed by atoms with Crippen molar-refractivity contribution in [2.75, 3.05) is 24.1 Å². The van der Waals surface area contributed by atoms with Gasteiger partial charge < -0.3 is 10.2 Å². The van der Waals surface area contributed by atoms with Gasteiger partial charge in [0.1, 0.15) is 4.90 Å². The zero-order chi connectivity index (χ0) is 24.8. The smallest absolute Gasteiger partial charge is 0.263 e. The molecule has 1 aromatic heterocycles. The van der Waals surface area contributed by atoms with E-state index < -0.39 is 10.0 Å². The van der Waals surface area contributed by atoms with Crippen LogP contribution in [0.15, 0.2) is 65.8 Å². The maximum atomic E-state index is 12.6. The van der Waals surface area contributed by atoms with Gasteiger partial charge in [-0.15, -0.1) is 0 Å². The van der Waals surface area contributed by atoms with Crippen molar-refractivity contribution in [1.82, 2.24) is 14.9 Å². The van der Waals surface area contributed by atoms with Crippen LogP contribution < -0.4 is 10.0 Å². The van der Waals surface area contributed by atoms with Crippen LogP contribution in [0.5, 0.6) is 0 Å². The van der Waals surface area contributed by atoms with Gasteiger partial charge in [-0.1, -0.05) is 48.0 Å². The number of rotatable bonds is 8. The lowest BCUT2D eigenvalue weighted by molar-refractivity contribution is 0.221. The Morgan fingerprint density at radius 3 is 2.17 bits per heavy atom.